The van der Waals surface area contributed by atoms with Crippen molar-refractivity contribution in [1.82, 2.24) is 14.7 Å². The second kappa shape index (κ2) is 3.92. The van der Waals surface area contributed by atoms with Gasteiger partial charge in [0, 0.05) is 39.3 Å². The molecule has 1 saturated heterocycles. The summed E-state index contributed by atoms with van der Waals surface area (Å²) in [6.07, 6.45) is 5.27. The van der Waals surface area contributed by atoms with Gasteiger partial charge in [-0.05, 0) is 6.42 Å². The molecular formula is C10H16N4O. The number of nitrogens with one attached hydrogen (secondary N) is 1. The van der Waals surface area contributed by atoms with Crippen molar-refractivity contribution in [2.75, 3.05) is 18.9 Å². The van der Waals surface area contributed by atoms with E-state index in [1.54, 1.807) is 15.8 Å². The van der Waals surface area contributed by atoms with Gasteiger partial charge in [-0.1, -0.05) is 0 Å². The Morgan fingerprint density at radius 1 is 1.53 bits per heavy atom. The Hall–Kier alpha value is -1.52. The van der Waals surface area contributed by atoms with Crippen LogP contribution in [0.3, 0.4) is 0 Å². The SMILES string of the molecule is CN1CCC(Nc2cnn(C)c2)CC1=O. The molecule has 2 heterocycles. The fraction of sp³-hybridized carbons (Fsp3) is 0.600. The number of piperidine rings is 1. The molecule has 1 aliphatic rings. The third-order valence-electron chi connectivity index (χ3n) is 2.74. The van der Waals surface area contributed by atoms with E-state index >= 15 is 0 Å². The highest BCUT2D eigenvalue weighted by molar-refractivity contribution is 5.77. The van der Waals surface area contributed by atoms with Gasteiger partial charge in [-0.15, -0.1) is 0 Å². The predicted molar refractivity (Wildman–Crippen MR) is 57.5 cm³/mol. The lowest BCUT2D eigenvalue weighted by Gasteiger charge is -2.29. The van der Waals surface area contributed by atoms with Crippen LogP contribution in [0.15, 0.2) is 12.4 Å². The van der Waals surface area contributed by atoms with Crippen molar-refractivity contribution in [1.29, 1.82) is 0 Å². The highest BCUT2D eigenvalue weighted by Gasteiger charge is 2.23. The molecule has 5 heteroatoms. The van der Waals surface area contributed by atoms with Crippen LogP contribution in [0.4, 0.5) is 5.69 Å². The maximum absolute atomic E-state index is 11.5. The second-order valence-electron chi connectivity index (χ2n) is 4.05. The zero-order valence-electron chi connectivity index (χ0n) is 9.10. The monoisotopic (exact) mass is 208 g/mol. The summed E-state index contributed by atoms with van der Waals surface area (Å²) < 4.78 is 1.75. The van der Waals surface area contributed by atoms with E-state index in [4.69, 9.17) is 0 Å². The zero-order chi connectivity index (χ0) is 10.8. The number of aromatic nitrogens is 2. The number of aryl methyl sites for hydroxylation is 1. The Bertz CT molecular complexity index is 360. The Morgan fingerprint density at radius 2 is 2.33 bits per heavy atom. The summed E-state index contributed by atoms with van der Waals surface area (Å²) in [7, 11) is 3.73. The largest absolute Gasteiger partial charge is 0.379 e. The van der Waals surface area contributed by atoms with Gasteiger partial charge in [-0.3, -0.25) is 9.48 Å². The number of anilines is 1. The second-order valence-corrected chi connectivity index (χ2v) is 4.05. The Labute approximate surface area is 89.1 Å². The molecule has 1 atom stereocenters. The van der Waals surface area contributed by atoms with Crippen LogP contribution in [0.5, 0.6) is 0 Å². The number of hydrogen-bond acceptors (Lipinski definition) is 3. The lowest BCUT2D eigenvalue weighted by atomic mass is 10.0. The molecule has 0 bridgehead atoms. The normalized spacial score (nSPS) is 21.9. The first-order valence-electron chi connectivity index (χ1n) is 5.14. The number of carbonyl (C=O) groups is 1. The molecule has 2 rings (SSSR count). The molecule has 1 amide bonds. The van der Waals surface area contributed by atoms with E-state index in [0.29, 0.717) is 6.42 Å². The standard InChI is InChI=1S/C10H16N4O/c1-13-4-3-8(5-10(13)15)12-9-6-11-14(2)7-9/h6-8,12H,3-5H2,1-2H3. The van der Waals surface area contributed by atoms with Crippen LogP contribution in [-0.4, -0.2) is 40.2 Å². The van der Waals surface area contributed by atoms with Gasteiger partial charge >= 0.3 is 0 Å². The molecule has 0 spiro atoms. The van der Waals surface area contributed by atoms with Crippen molar-refractivity contribution in [3.05, 3.63) is 12.4 Å². The van der Waals surface area contributed by atoms with E-state index in [1.165, 1.54) is 0 Å². The van der Waals surface area contributed by atoms with Crippen LogP contribution in [0, 0.1) is 0 Å². The van der Waals surface area contributed by atoms with Gasteiger partial charge in [0.2, 0.25) is 5.91 Å². The molecule has 5 nitrogen and oxygen atoms in total. The number of carbonyl (C=O) groups excluding carboxylic acids is 1. The van der Waals surface area contributed by atoms with Crippen LogP contribution in [0.2, 0.25) is 0 Å². The number of likely N-dealkylation sites (tertiary alicyclic amines) is 1. The summed E-state index contributed by atoms with van der Waals surface area (Å²) in [5, 5.41) is 7.40. The van der Waals surface area contributed by atoms with E-state index in [1.807, 2.05) is 20.3 Å². The maximum Gasteiger partial charge on any atom is 0.224 e. The molecule has 1 aromatic heterocycles. The zero-order valence-corrected chi connectivity index (χ0v) is 9.10. The molecule has 1 N–H and O–H groups in total. The summed E-state index contributed by atoms with van der Waals surface area (Å²) in [4.78, 5) is 13.2. The minimum atomic E-state index is 0.211. The molecule has 1 fully saturated rings. The first-order chi connectivity index (χ1) is 7.15. The molecule has 1 unspecified atom stereocenters. The topological polar surface area (TPSA) is 50.2 Å². The summed E-state index contributed by atoms with van der Waals surface area (Å²) in [6.45, 7) is 0.830. The minimum absolute atomic E-state index is 0.211. The van der Waals surface area contributed by atoms with Crippen molar-refractivity contribution in [2.24, 2.45) is 7.05 Å². The number of rotatable bonds is 2. The Balaban J connectivity index is 1.93. The fourth-order valence-electron chi connectivity index (χ4n) is 1.80. The van der Waals surface area contributed by atoms with Gasteiger partial charge in [0.25, 0.3) is 0 Å². The quantitative estimate of drug-likeness (QED) is 0.768. The van der Waals surface area contributed by atoms with Crippen LogP contribution >= 0.6 is 0 Å². The Kier molecular flexibility index (Phi) is 2.62. The third kappa shape index (κ3) is 2.29. The van der Waals surface area contributed by atoms with Gasteiger partial charge in [0.15, 0.2) is 0 Å². The lowest BCUT2D eigenvalue weighted by molar-refractivity contribution is -0.132. The summed E-state index contributed by atoms with van der Waals surface area (Å²) in [6, 6.07) is 0.248. The predicted octanol–water partition coefficient (Wildman–Crippen LogP) is 0.453. The van der Waals surface area contributed by atoms with Crippen molar-refractivity contribution >= 4 is 11.6 Å². The van der Waals surface area contributed by atoms with Gasteiger partial charge in [-0.2, -0.15) is 5.10 Å². The Morgan fingerprint density at radius 3 is 2.93 bits per heavy atom. The van der Waals surface area contributed by atoms with Crippen molar-refractivity contribution in [3.8, 4) is 0 Å². The van der Waals surface area contributed by atoms with Gasteiger partial charge in [0.05, 0.1) is 11.9 Å². The van der Waals surface area contributed by atoms with E-state index < -0.39 is 0 Å². The smallest absolute Gasteiger partial charge is 0.224 e. The van der Waals surface area contributed by atoms with Crippen LogP contribution in [0.25, 0.3) is 0 Å². The lowest BCUT2D eigenvalue weighted by Crippen LogP contribution is -2.40. The van der Waals surface area contributed by atoms with E-state index in [0.717, 1.165) is 18.7 Å². The summed E-state index contributed by atoms with van der Waals surface area (Å²) >= 11 is 0. The van der Waals surface area contributed by atoms with Gasteiger partial charge in [-0.25, -0.2) is 0 Å². The van der Waals surface area contributed by atoms with Crippen LogP contribution in [0.1, 0.15) is 12.8 Å². The maximum atomic E-state index is 11.5. The fourth-order valence-corrected chi connectivity index (χ4v) is 1.80. The van der Waals surface area contributed by atoms with Crippen LogP contribution in [-0.2, 0) is 11.8 Å². The third-order valence-corrected chi connectivity index (χ3v) is 2.74. The van der Waals surface area contributed by atoms with Crippen molar-refractivity contribution < 1.29 is 4.79 Å². The van der Waals surface area contributed by atoms with E-state index in [9.17, 15) is 4.79 Å². The molecule has 0 aliphatic carbocycles. The molecule has 0 saturated carbocycles. The molecule has 15 heavy (non-hydrogen) atoms. The number of hydrogen-bond donors (Lipinski definition) is 1. The summed E-state index contributed by atoms with van der Waals surface area (Å²) in [5.41, 5.74) is 0.986. The van der Waals surface area contributed by atoms with Gasteiger partial charge in [0.1, 0.15) is 0 Å². The van der Waals surface area contributed by atoms with Crippen LogP contribution < -0.4 is 5.32 Å². The molecule has 1 aromatic rings. The first kappa shape index (κ1) is 10.0. The molecule has 0 radical (unpaired) electrons. The number of nitrogens with zero attached hydrogens (tertiary/aromatic N) is 3. The highest BCUT2D eigenvalue weighted by Crippen LogP contribution is 2.15. The summed E-state index contributed by atoms with van der Waals surface area (Å²) in [5.74, 6) is 0.211. The average Bonchev–Trinajstić information content (AvgIpc) is 2.58. The first-order valence-corrected chi connectivity index (χ1v) is 5.14. The minimum Gasteiger partial charge on any atom is -0.379 e. The van der Waals surface area contributed by atoms with E-state index in [-0.39, 0.29) is 11.9 Å². The van der Waals surface area contributed by atoms with Crippen molar-refractivity contribution in [2.45, 2.75) is 18.9 Å². The highest BCUT2D eigenvalue weighted by atomic mass is 16.2. The average molecular weight is 208 g/mol. The van der Waals surface area contributed by atoms with E-state index in [2.05, 4.69) is 10.4 Å². The number of amides is 1. The molecule has 1 aliphatic heterocycles. The molecule has 0 aromatic carbocycles. The van der Waals surface area contributed by atoms with Gasteiger partial charge < -0.3 is 10.2 Å². The molecule has 82 valence electrons. The van der Waals surface area contributed by atoms with Crippen molar-refractivity contribution in [3.63, 3.8) is 0 Å². The molecular weight excluding hydrogens is 192 g/mol.